The third-order valence-electron chi connectivity index (χ3n) is 5.16. The van der Waals surface area contributed by atoms with Gasteiger partial charge in [0.05, 0.1) is 30.2 Å². The molecule has 0 amide bonds. The van der Waals surface area contributed by atoms with Crippen LogP contribution < -0.4 is 0 Å². The molecule has 0 aliphatic rings. The number of ether oxygens (including phenoxy) is 2. The summed E-state index contributed by atoms with van der Waals surface area (Å²) in [4.78, 5) is 23.7. The first kappa shape index (κ1) is 24.7. The van der Waals surface area contributed by atoms with Gasteiger partial charge in [-0.15, -0.1) is 0 Å². The van der Waals surface area contributed by atoms with Crippen LogP contribution in [0, 0.1) is 0 Å². The van der Waals surface area contributed by atoms with Gasteiger partial charge in [-0.1, -0.05) is 55.1 Å². The zero-order chi connectivity index (χ0) is 24.7. The molecule has 0 aliphatic carbocycles. The van der Waals surface area contributed by atoms with E-state index in [1.54, 1.807) is 54.6 Å². The van der Waals surface area contributed by atoms with Crippen molar-refractivity contribution in [3.8, 4) is 0 Å². The Hall–Kier alpha value is -3.93. The zero-order valence-electron chi connectivity index (χ0n) is 19.1. The highest BCUT2D eigenvalue weighted by molar-refractivity contribution is 8.00. The Labute approximate surface area is 199 Å². The first-order valence-electron chi connectivity index (χ1n) is 10.5. The van der Waals surface area contributed by atoms with Gasteiger partial charge < -0.3 is 9.47 Å². The normalized spacial score (nSPS) is 10.7. The van der Waals surface area contributed by atoms with Gasteiger partial charge in [-0.2, -0.15) is 0 Å². The largest absolute Gasteiger partial charge is 0.465 e. The number of hydrogen-bond acceptors (Lipinski definition) is 6. The van der Waals surface area contributed by atoms with Crippen LogP contribution in [0.3, 0.4) is 0 Å². The van der Waals surface area contributed by atoms with Crippen molar-refractivity contribution in [2.45, 2.75) is 18.2 Å². The SMILES string of the molecule is CCC(=C=C(c1ccc(C(=O)OC)cc1)S(=O)(=O)c1ccccc1)c1ccc(C(=O)OC)cc1. The van der Waals surface area contributed by atoms with E-state index in [1.807, 2.05) is 6.92 Å². The van der Waals surface area contributed by atoms with Gasteiger partial charge >= 0.3 is 11.9 Å². The Kier molecular flexibility index (Phi) is 7.84. The van der Waals surface area contributed by atoms with Gasteiger partial charge in [-0.05, 0) is 48.4 Å². The Balaban J connectivity index is 2.24. The molecule has 0 fully saturated rings. The summed E-state index contributed by atoms with van der Waals surface area (Å²) in [7, 11) is -1.35. The van der Waals surface area contributed by atoms with Crippen molar-refractivity contribution >= 4 is 32.3 Å². The van der Waals surface area contributed by atoms with Crippen molar-refractivity contribution in [1.29, 1.82) is 0 Å². The second kappa shape index (κ2) is 10.8. The van der Waals surface area contributed by atoms with Crippen molar-refractivity contribution in [2.75, 3.05) is 14.2 Å². The molecule has 0 saturated heterocycles. The van der Waals surface area contributed by atoms with Crippen molar-refractivity contribution in [3.05, 3.63) is 107 Å². The number of hydrogen-bond donors (Lipinski definition) is 0. The Morgan fingerprint density at radius 1 is 0.706 bits per heavy atom. The predicted octanol–water partition coefficient (Wildman–Crippen LogP) is 5.17. The maximum absolute atomic E-state index is 13.6. The Morgan fingerprint density at radius 2 is 1.15 bits per heavy atom. The molecule has 34 heavy (non-hydrogen) atoms. The molecule has 0 unspecified atom stereocenters. The number of benzene rings is 3. The van der Waals surface area contributed by atoms with Crippen LogP contribution in [0.15, 0.2) is 89.5 Å². The van der Waals surface area contributed by atoms with E-state index in [0.717, 1.165) is 5.56 Å². The summed E-state index contributed by atoms with van der Waals surface area (Å²) in [5, 5.41) is 0. The van der Waals surface area contributed by atoms with Gasteiger partial charge in [0.25, 0.3) is 0 Å². The Bertz CT molecular complexity index is 1350. The van der Waals surface area contributed by atoms with Gasteiger partial charge in [-0.3, -0.25) is 0 Å². The number of rotatable bonds is 7. The second-order valence-corrected chi connectivity index (χ2v) is 9.13. The first-order chi connectivity index (χ1) is 16.3. The topological polar surface area (TPSA) is 86.7 Å². The van der Waals surface area contributed by atoms with Crippen molar-refractivity contribution in [3.63, 3.8) is 0 Å². The van der Waals surface area contributed by atoms with Crippen LogP contribution in [0.1, 0.15) is 45.2 Å². The molecule has 6 nitrogen and oxygen atoms in total. The summed E-state index contributed by atoms with van der Waals surface area (Å²) < 4.78 is 36.7. The molecule has 0 N–H and O–H groups in total. The molecular formula is C27H24O6S. The van der Waals surface area contributed by atoms with Gasteiger partial charge in [-0.25, -0.2) is 18.0 Å². The van der Waals surface area contributed by atoms with Crippen LogP contribution in [0.2, 0.25) is 0 Å². The zero-order valence-corrected chi connectivity index (χ0v) is 19.9. The van der Waals surface area contributed by atoms with Gasteiger partial charge in [0.1, 0.15) is 4.91 Å². The summed E-state index contributed by atoms with van der Waals surface area (Å²) in [5.74, 6) is -0.972. The third-order valence-corrected chi connectivity index (χ3v) is 6.93. The standard InChI is InChI=1S/C27H24O6S/c1-4-19(20-10-14-22(15-11-20)26(28)32-2)18-25(34(30,31)24-8-6-5-7-9-24)21-12-16-23(17-13-21)27(29)33-3/h5-17H,4H2,1-3H3. The fraction of sp³-hybridized carbons (Fsp3) is 0.148. The molecule has 0 atom stereocenters. The first-order valence-corrected chi connectivity index (χ1v) is 12.0. The van der Waals surface area contributed by atoms with Crippen LogP contribution >= 0.6 is 0 Å². The summed E-state index contributed by atoms with van der Waals surface area (Å²) in [6, 6.07) is 20.9. The highest BCUT2D eigenvalue weighted by Gasteiger charge is 2.23. The van der Waals surface area contributed by atoms with Crippen LogP contribution in [-0.4, -0.2) is 34.6 Å². The molecule has 0 saturated carbocycles. The minimum Gasteiger partial charge on any atom is -0.465 e. The van der Waals surface area contributed by atoms with E-state index in [0.29, 0.717) is 28.7 Å². The molecule has 0 radical (unpaired) electrons. The molecule has 0 bridgehead atoms. The summed E-state index contributed by atoms with van der Waals surface area (Å²) in [5.41, 5.74) is 5.56. The second-order valence-electron chi connectivity index (χ2n) is 7.24. The number of methoxy groups -OCH3 is 2. The molecule has 3 aromatic carbocycles. The number of carbonyl (C=O) groups is 2. The van der Waals surface area contributed by atoms with Crippen LogP contribution in [0.25, 0.3) is 10.5 Å². The summed E-state index contributed by atoms with van der Waals surface area (Å²) >= 11 is 0. The van der Waals surface area contributed by atoms with E-state index in [4.69, 9.17) is 9.47 Å². The molecule has 174 valence electrons. The molecule has 0 spiro atoms. The molecular weight excluding hydrogens is 452 g/mol. The van der Waals surface area contributed by atoms with Crippen LogP contribution in [-0.2, 0) is 19.3 Å². The van der Waals surface area contributed by atoms with Crippen molar-refractivity contribution in [1.82, 2.24) is 0 Å². The number of allylic oxidation sites excluding steroid dienone is 1. The summed E-state index contributed by atoms with van der Waals surface area (Å²) in [6.07, 6.45) is 0.492. The predicted molar refractivity (Wildman–Crippen MR) is 130 cm³/mol. The van der Waals surface area contributed by atoms with Crippen molar-refractivity contribution in [2.24, 2.45) is 0 Å². The molecule has 3 rings (SSSR count). The lowest BCUT2D eigenvalue weighted by atomic mass is 10.0. The van der Waals surface area contributed by atoms with E-state index < -0.39 is 21.8 Å². The average molecular weight is 477 g/mol. The minimum absolute atomic E-state index is 0.0241. The Morgan fingerprint density at radius 3 is 1.59 bits per heavy atom. The maximum Gasteiger partial charge on any atom is 0.337 e. The highest BCUT2D eigenvalue weighted by Crippen LogP contribution is 2.30. The molecule has 0 aliphatic heterocycles. The van der Waals surface area contributed by atoms with Crippen molar-refractivity contribution < 1.29 is 27.5 Å². The number of sulfone groups is 1. The third kappa shape index (κ3) is 5.34. The van der Waals surface area contributed by atoms with E-state index in [1.165, 1.54) is 38.5 Å². The van der Waals surface area contributed by atoms with E-state index in [9.17, 15) is 18.0 Å². The average Bonchev–Trinajstić information content (AvgIpc) is 2.89. The smallest absolute Gasteiger partial charge is 0.337 e. The molecule has 3 aromatic rings. The van der Waals surface area contributed by atoms with Crippen LogP contribution in [0.5, 0.6) is 0 Å². The number of carbonyl (C=O) groups excluding carboxylic acids is 2. The maximum atomic E-state index is 13.6. The summed E-state index contributed by atoms with van der Waals surface area (Å²) in [6.45, 7) is 1.89. The van der Waals surface area contributed by atoms with E-state index in [-0.39, 0.29) is 9.80 Å². The molecule has 0 heterocycles. The number of esters is 2. The van der Waals surface area contributed by atoms with Gasteiger partial charge in [0.15, 0.2) is 0 Å². The lowest BCUT2D eigenvalue weighted by molar-refractivity contribution is 0.0592. The van der Waals surface area contributed by atoms with Crippen LogP contribution in [0.4, 0.5) is 0 Å². The fourth-order valence-corrected chi connectivity index (χ4v) is 4.77. The van der Waals surface area contributed by atoms with E-state index in [2.05, 4.69) is 5.73 Å². The monoisotopic (exact) mass is 476 g/mol. The van der Waals surface area contributed by atoms with Gasteiger partial charge in [0, 0.05) is 11.1 Å². The lowest BCUT2D eigenvalue weighted by Gasteiger charge is -2.10. The molecule has 0 aromatic heterocycles. The quantitative estimate of drug-likeness (QED) is 0.346. The molecule has 7 heteroatoms. The fourth-order valence-electron chi connectivity index (χ4n) is 3.31. The van der Waals surface area contributed by atoms with Gasteiger partial charge in [0.2, 0.25) is 9.84 Å². The minimum atomic E-state index is -3.94. The lowest BCUT2D eigenvalue weighted by Crippen LogP contribution is -2.05. The van der Waals surface area contributed by atoms with E-state index >= 15 is 0 Å². The highest BCUT2D eigenvalue weighted by atomic mass is 32.2.